The lowest BCUT2D eigenvalue weighted by Gasteiger charge is -2.34. The van der Waals surface area contributed by atoms with E-state index in [0.29, 0.717) is 11.0 Å². The average Bonchev–Trinajstić information content (AvgIpc) is 2.83. The van der Waals surface area contributed by atoms with Crippen LogP contribution in [-0.4, -0.2) is 31.2 Å². The van der Waals surface area contributed by atoms with Gasteiger partial charge in [0.15, 0.2) is 0 Å². The van der Waals surface area contributed by atoms with Gasteiger partial charge in [-0.3, -0.25) is 4.98 Å². The molecule has 3 heterocycles. The Morgan fingerprint density at radius 2 is 2.11 bits per heavy atom. The fraction of sp³-hybridized carbons (Fsp3) is 0.571. The van der Waals surface area contributed by atoms with Crippen LogP contribution >= 0.6 is 0 Å². The molecule has 1 aromatic rings. The Morgan fingerprint density at radius 1 is 1.28 bits per heavy atom. The first-order valence-corrected chi connectivity index (χ1v) is 6.62. The summed E-state index contributed by atoms with van der Waals surface area (Å²) >= 11 is 0. The van der Waals surface area contributed by atoms with Gasteiger partial charge in [-0.25, -0.2) is 0 Å². The maximum Gasteiger partial charge on any atom is 0.101 e. The molecule has 1 N–H and O–H groups in total. The van der Waals surface area contributed by atoms with Crippen LogP contribution in [0.3, 0.4) is 0 Å². The molecule has 1 aromatic heterocycles. The van der Waals surface area contributed by atoms with Gasteiger partial charge in [0, 0.05) is 19.3 Å². The zero-order chi connectivity index (χ0) is 12.4. The molecule has 2 aliphatic heterocycles. The number of nitriles is 1. The number of hydrogen-bond donors (Lipinski definition) is 1. The normalized spacial score (nSPS) is 22.1. The quantitative estimate of drug-likeness (QED) is 0.811. The predicted octanol–water partition coefficient (Wildman–Crippen LogP) is 1.53. The average molecular weight is 242 g/mol. The molecule has 0 bridgehead atoms. The van der Waals surface area contributed by atoms with Gasteiger partial charge < -0.3 is 10.2 Å². The van der Waals surface area contributed by atoms with E-state index in [1.165, 1.54) is 19.3 Å². The highest BCUT2D eigenvalue weighted by molar-refractivity contribution is 5.50. The third kappa shape index (κ3) is 2.06. The number of nitrogens with zero attached hydrogens (tertiary/aromatic N) is 3. The van der Waals surface area contributed by atoms with E-state index in [4.69, 9.17) is 5.26 Å². The van der Waals surface area contributed by atoms with E-state index in [2.05, 4.69) is 21.3 Å². The van der Waals surface area contributed by atoms with Gasteiger partial charge in [-0.2, -0.15) is 5.26 Å². The Balaban J connectivity index is 1.77. The number of aromatic nitrogens is 1. The van der Waals surface area contributed by atoms with Crippen LogP contribution in [0.2, 0.25) is 0 Å². The van der Waals surface area contributed by atoms with Crippen molar-refractivity contribution in [1.29, 1.82) is 5.26 Å². The molecule has 3 rings (SSSR count). The zero-order valence-electron chi connectivity index (χ0n) is 10.5. The second-order valence-electron chi connectivity index (χ2n) is 5.47. The molecule has 18 heavy (non-hydrogen) atoms. The molecule has 0 aromatic carbocycles. The lowest BCUT2D eigenvalue weighted by molar-refractivity contribution is 0.232. The minimum atomic E-state index is 0.494. The maximum atomic E-state index is 8.93. The van der Waals surface area contributed by atoms with Gasteiger partial charge >= 0.3 is 0 Å². The summed E-state index contributed by atoms with van der Waals surface area (Å²) in [7, 11) is 0. The summed E-state index contributed by atoms with van der Waals surface area (Å²) in [6, 6.07) is 4.11. The number of nitrogens with one attached hydrogen (secondary N) is 1. The van der Waals surface area contributed by atoms with Crippen molar-refractivity contribution >= 4 is 5.69 Å². The third-order valence-electron chi connectivity index (χ3n) is 4.32. The molecule has 0 amide bonds. The summed E-state index contributed by atoms with van der Waals surface area (Å²) in [5.74, 6) is 0. The monoisotopic (exact) mass is 242 g/mol. The van der Waals surface area contributed by atoms with Crippen molar-refractivity contribution in [2.24, 2.45) is 5.41 Å². The van der Waals surface area contributed by atoms with Crippen molar-refractivity contribution in [2.45, 2.75) is 19.3 Å². The van der Waals surface area contributed by atoms with Crippen molar-refractivity contribution < 1.29 is 0 Å². The largest absolute Gasteiger partial charge is 0.370 e. The number of anilines is 1. The Kier molecular flexibility index (Phi) is 2.92. The summed E-state index contributed by atoms with van der Waals surface area (Å²) in [4.78, 5) is 6.55. The summed E-state index contributed by atoms with van der Waals surface area (Å²) < 4.78 is 0. The van der Waals surface area contributed by atoms with Gasteiger partial charge in [-0.15, -0.1) is 0 Å². The minimum Gasteiger partial charge on any atom is -0.370 e. The topological polar surface area (TPSA) is 52.0 Å². The molecule has 0 unspecified atom stereocenters. The Hall–Kier alpha value is -1.60. The Labute approximate surface area is 108 Å². The van der Waals surface area contributed by atoms with Crippen LogP contribution in [0.25, 0.3) is 0 Å². The molecule has 2 aliphatic rings. The van der Waals surface area contributed by atoms with Crippen molar-refractivity contribution in [2.75, 3.05) is 31.1 Å². The van der Waals surface area contributed by atoms with Crippen molar-refractivity contribution in [3.05, 3.63) is 24.0 Å². The van der Waals surface area contributed by atoms with E-state index in [1.54, 1.807) is 6.20 Å². The van der Waals surface area contributed by atoms with Crippen LogP contribution in [0, 0.1) is 16.7 Å². The lowest BCUT2D eigenvalue weighted by atomic mass is 9.78. The highest BCUT2D eigenvalue weighted by atomic mass is 15.2. The third-order valence-corrected chi connectivity index (χ3v) is 4.32. The lowest BCUT2D eigenvalue weighted by Crippen LogP contribution is -2.38. The van der Waals surface area contributed by atoms with E-state index in [-0.39, 0.29) is 0 Å². The van der Waals surface area contributed by atoms with Gasteiger partial charge in [0.05, 0.1) is 17.4 Å². The Bertz CT molecular complexity index is 471. The zero-order valence-corrected chi connectivity index (χ0v) is 10.5. The van der Waals surface area contributed by atoms with Crippen LogP contribution in [0.5, 0.6) is 0 Å². The SMILES string of the molecule is N#Cc1cncc(N2CCC3(CCNCC3)C2)c1. The first-order chi connectivity index (χ1) is 8.81. The second kappa shape index (κ2) is 4.58. The smallest absolute Gasteiger partial charge is 0.101 e. The molecular formula is C14H18N4. The molecule has 94 valence electrons. The summed E-state index contributed by atoms with van der Waals surface area (Å²) in [6.07, 6.45) is 7.32. The fourth-order valence-electron chi connectivity index (χ4n) is 3.18. The van der Waals surface area contributed by atoms with E-state index in [9.17, 15) is 0 Å². The number of rotatable bonds is 1. The van der Waals surface area contributed by atoms with Crippen LogP contribution in [0.15, 0.2) is 18.5 Å². The van der Waals surface area contributed by atoms with E-state index < -0.39 is 0 Å². The van der Waals surface area contributed by atoms with Crippen LogP contribution in [0.4, 0.5) is 5.69 Å². The molecular weight excluding hydrogens is 224 g/mol. The first-order valence-electron chi connectivity index (χ1n) is 6.62. The van der Waals surface area contributed by atoms with Crippen LogP contribution < -0.4 is 10.2 Å². The predicted molar refractivity (Wildman–Crippen MR) is 70.3 cm³/mol. The molecule has 1 spiro atoms. The Morgan fingerprint density at radius 3 is 2.89 bits per heavy atom. The highest BCUT2D eigenvalue weighted by Crippen LogP contribution is 2.40. The maximum absolute atomic E-state index is 8.93. The van der Waals surface area contributed by atoms with Crippen molar-refractivity contribution in [1.82, 2.24) is 10.3 Å². The van der Waals surface area contributed by atoms with E-state index in [0.717, 1.165) is 31.9 Å². The van der Waals surface area contributed by atoms with Crippen molar-refractivity contribution in [3.63, 3.8) is 0 Å². The molecule has 0 radical (unpaired) electrons. The van der Waals surface area contributed by atoms with Gasteiger partial charge in [-0.1, -0.05) is 0 Å². The van der Waals surface area contributed by atoms with Gasteiger partial charge in [0.1, 0.15) is 6.07 Å². The molecule has 0 aliphatic carbocycles. The molecule has 2 fully saturated rings. The van der Waals surface area contributed by atoms with Crippen molar-refractivity contribution in [3.8, 4) is 6.07 Å². The standard InChI is InChI=1S/C14H18N4/c15-8-12-7-13(10-17-9-12)18-6-3-14(11-18)1-4-16-5-2-14/h7,9-10,16H,1-6,11H2. The first kappa shape index (κ1) is 11.5. The molecule has 2 saturated heterocycles. The number of pyridine rings is 1. The van der Waals surface area contributed by atoms with E-state index >= 15 is 0 Å². The highest BCUT2D eigenvalue weighted by Gasteiger charge is 2.38. The molecule has 4 nitrogen and oxygen atoms in total. The van der Waals surface area contributed by atoms with E-state index in [1.807, 2.05) is 12.3 Å². The molecule has 4 heteroatoms. The molecule has 0 saturated carbocycles. The summed E-state index contributed by atoms with van der Waals surface area (Å²) in [5.41, 5.74) is 2.25. The number of hydrogen-bond acceptors (Lipinski definition) is 4. The fourth-order valence-corrected chi connectivity index (χ4v) is 3.18. The second-order valence-corrected chi connectivity index (χ2v) is 5.47. The van der Waals surface area contributed by atoms with Gasteiger partial charge in [0.2, 0.25) is 0 Å². The van der Waals surface area contributed by atoms with Gasteiger partial charge in [0.25, 0.3) is 0 Å². The van der Waals surface area contributed by atoms with Gasteiger partial charge in [-0.05, 0) is 43.8 Å². The summed E-state index contributed by atoms with van der Waals surface area (Å²) in [5, 5.41) is 12.4. The summed E-state index contributed by atoms with van der Waals surface area (Å²) in [6.45, 7) is 4.50. The van der Waals surface area contributed by atoms with Crippen LogP contribution in [0.1, 0.15) is 24.8 Å². The molecule has 0 atom stereocenters. The van der Waals surface area contributed by atoms with Crippen LogP contribution in [-0.2, 0) is 0 Å². The minimum absolute atomic E-state index is 0.494. The number of piperidine rings is 1.